The van der Waals surface area contributed by atoms with Crippen LogP contribution in [-0.2, 0) is 11.3 Å². The molecule has 1 aromatic carbocycles. The summed E-state index contributed by atoms with van der Waals surface area (Å²) in [5, 5.41) is 11.7. The number of carboxylic acids is 1. The Balaban J connectivity index is 2.22. The Bertz CT molecular complexity index is 533. The van der Waals surface area contributed by atoms with E-state index in [2.05, 4.69) is 5.32 Å². The number of rotatable bonds is 4. The quantitative estimate of drug-likeness (QED) is 0.870. The molecule has 1 aliphatic heterocycles. The molecular formula is C14H17FN2O3. The van der Waals surface area contributed by atoms with Crippen LogP contribution in [0, 0.1) is 5.82 Å². The Morgan fingerprint density at radius 1 is 1.55 bits per heavy atom. The van der Waals surface area contributed by atoms with Crippen LogP contribution >= 0.6 is 0 Å². The predicted molar refractivity (Wildman–Crippen MR) is 70.9 cm³/mol. The van der Waals surface area contributed by atoms with E-state index in [1.807, 2.05) is 11.8 Å². The highest BCUT2D eigenvalue weighted by molar-refractivity contribution is 5.87. The first-order valence-corrected chi connectivity index (χ1v) is 6.56. The van der Waals surface area contributed by atoms with Crippen molar-refractivity contribution in [2.24, 2.45) is 0 Å². The zero-order valence-electron chi connectivity index (χ0n) is 11.2. The minimum Gasteiger partial charge on any atom is -0.478 e. The maximum absolute atomic E-state index is 13.8. The summed E-state index contributed by atoms with van der Waals surface area (Å²) in [5.41, 5.74) is 0.356. The van der Waals surface area contributed by atoms with Crippen molar-refractivity contribution >= 4 is 11.9 Å². The number of benzene rings is 1. The molecule has 5 nitrogen and oxygen atoms in total. The van der Waals surface area contributed by atoms with Gasteiger partial charge in [-0.3, -0.25) is 9.69 Å². The van der Waals surface area contributed by atoms with Crippen LogP contribution in [0.5, 0.6) is 0 Å². The van der Waals surface area contributed by atoms with Gasteiger partial charge in [-0.05, 0) is 24.6 Å². The molecule has 20 heavy (non-hydrogen) atoms. The maximum Gasteiger partial charge on any atom is 0.335 e. The SMILES string of the molecule is CCC1C(=O)NCCN1Cc1cc(C(=O)O)ccc1F. The van der Waals surface area contributed by atoms with Gasteiger partial charge < -0.3 is 10.4 Å². The topological polar surface area (TPSA) is 69.6 Å². The number of hydrogen-bond acceptors (Lipinski definition) is 3. The van der Waals surface area contributed by atoms with Crippen molar-refractivity contribution in [3.8, 4) is 0 Å². The van der Waals surface area contributed by atoms with Crippen LogP contribution in [0.3, 0.4) is 0 Å². The molecule has 0 bridgehead atoms. The van der Waals surface area contributed by atoms with Crippen molar-refractivity contribution in [3.05, 3.63) is 35.1 Å². The molecule has 1 aliphatic rings. The molecule has 0 aromatic heterocycles. The lowest BCUT2D eigenvalue weighted by Gasteiger charge is -2.34. The van der Waals surface area contributed by atoms with Crippen molar-refractivity contribution in [2.75, 3.05) is 13.1 Å². The molecule has 1 atom stereocenters. The number of aromatic carboxylic acids is 1. The summed E-state index contributed by atoms with van der Waals surface area (Å²) < 4.78 is 13.8. The Morgan fingerprint density at radius 2 is 2.30 bits per heavy atom. The summed E-state index contributed by atoms with van der Waals surface area (Å²) in [5.74, 6) is -1.60. The second kappa shape index (κ2) is 6.00. The van der Waals surface area contributed by atoms with Gasteiger partial charge in [0.25, 0.3) is 0 Å². The van der Waals surface area contributed by atoms with Gasteiger partial charge in [0.15, 0.2) is 0 Å². The van der Waals surface area contributed by atoms with Crippen molar-refractivity contribution in [1.82, 2.24) is 10.2 Å². The van der Waals surface area contributed by atoms with Gasteiger partial charge >= 0.3 is 5.97 Å². The Labute approximate surface area is 116 Å². The number of nitrogens with zero attached hydrogens (tertiary/aromatic N) is 1. The van der Waals surface area contributed by atoms with E-state index >= 15 is 0 Å². The molecule has 1 unspecified atom stereocenters. The number of carbonyl (C=O) groups is 2. The molecular weight excluding hydrogens is 263 g/mol. The monoisotopic (exact) mass is 280 g/mol. The fraction of sp³-hybridized carbons (Fsp3) is 0.429. The fourth-order valence-electron chi connectivity index (χ4n) is 2.44. The zero-order valence-corrected chi connectivity index (χ0v) is 11.2. The Kier molecular flexibility index (Phi) is 4.34. The van der Waals surface area contributed by atoms with E-state index in [0.29, 0.717) is 25.1 Å². The number of amides is 1. The van der Waals surface area contributed by atoms with E-state index in [1.54, 1.807) is 0 Å². The molecule has 0 saturated carbocycles. The van der Waals surface area contributed by atoms with Crippen LogP contribution in [-0.4, -0.2) is 41.0 Å². The highest BCUT2D eigenvalue weighted by atomic mass is 19.1. The van der Waals surface area contributed by atoms with Crippen LogP contribution in [0.25, 0.3) is 0 Å². The predicted octanol–water partition coefficient (Wildman–Crippen LogP) is 1.23. The molecule has 108 valence electrons. The van der Waals surface area contributed by atoms with E-state index in [4.69, 9.17) is 5.11 Å². The van der Waals surface area contributed by atoms with Gasteiger partial charge in [-0.2, -0.15) is 0 Å². The third-order valence-electron chi connectivity index (χ3n) is 3.49. The Hall–Kier alpha value is -1.95. The van der Waals surface area contributed by atoms with Crippen molar-refractivity contribution in [1.29, 1.82) is 0 Å². The average molecular weight is 280 g/mol. The summed E-state index contributed by atoms with van der Waals surface area (Å²) >= 11 is 0. The molecule has 0 aliphatic carbocycles. The molecule has 1 heterocycles. The van der Waals surface area contributed by atoms with Crippen LogP contribution < -0.4 is 5.32 Å². The van der Waals surface area contributed by atoms with Gasteiger partial charge in [0.2, 0.25) is 5.91 Å². The molecule has 0 spiro atoms. The molecule has 2 N–H and O–H groups in total. The van der Waals surface area contributed by atoms with Gasteiger partial charge in [0.1, 0.15) is 5.82 Å². The summed E-state index contributed by atoms with van der Waals surface area (Å²) in [4.78, 5) is 24.6. The van der Waals surface area contributed by atoms with E-state index in [1.165, 1.54) is 12.1 Å². The van der Waals surface area contributed by atoms with E-state index in [-0.39, 0.29) is 24.1 Å². The summed E-state index contributed by atoms with van der Waals surface area (Å²) in [6.07, 6.45) is 0.631. The van der Waals surface area contributed by atoms with Gasteiger partial charge in [0, 0.05) is 25.2 Å². The fourth-order valence-corrected chi connectivity index (χ4v) is 2.44. The standard InChI is InChI=1S/C14H17FN2O3/c1-2-12-13(18)16-5-6-17(12)8-10-7-9(14(19)20)3-4-11(10)15/h3-4,7,12H,2,5-6,8H2,1H3,(H,16,18)(H,19,20). The van der Waals surface area contributed by atoms with E-state index in [0.717, 1.165) is 6.07 Å². The molecule has 6 heteroatoms. The molecule has 1 saturated heterocycles. The smallest absolute Gasteiger partial charge is 0.335 e. The average Bonchev–Trinajstić information content (AvgIpc) is 2.41. The number of hydrogen-bond donors (Lipinski definition) is 2. The van der Waals surface area contributed by atoms with Crippen molar-refractivity contribution in [3.63, 3.8) is 0 Å². The summed E-state index contributed by atoms with van der Waals surface area (Å²) in [6.45, 7) is 3.28. The molecule has 0 radical (unpaired) electrons. The second-order valence-corrected chi connectivity index (χ2v) is 4.80. The first-order chi connectivity index (χ1) is 9.52. The third-order valence-corrected chi connectivity index (χ3v) is 3.49. The second-order valence-electron chi connectivity index (χ2n) is 4.80. The number of piperazine rings is 1. The molecule has 1 aromatic rings. The van der Waals surface area contributed by atoms with Crippen LogP contribution in [0.2, 0.25) is 0 Å². The zero-order chi connectivity index (χ0) is 14.7. The molecule has 1 fully saturated rings. The van der Waals surface area contributed by atoms with E-state index in [9.17, 15) is 14.0 Å². The number of halogens is 1. The largest absolute Gasteiger partial charge is 0.478 e. The lowest BCUT2D eigenvalue weighted by Crippen LogP contribution is -2.54. The summed E-state index contributed by atoms with van der Waals surface area (Å²) in [7, 11) is 0. The van der Waals surface area contributed by atoms with Crippen LogP contribution in [0.4, 0.5) is 4.39 Å². The maximum atomic E-state index is 13.8. The highest BCUT2D eigenvalue weighted by Gasteiger charge is 2.28. The highest BCUT2D eigenvalue weighted by Crippen LogP contribution is 2.17. The minimum absolute atomic E-state index is 0.0518. The van der Waals surface area contributed by atoms with Crippen molar-refractivity contribution < 1.29 is 19.1 Å². The van der Waals surface area contributed by atoms with Gasteiger partial charge in [0.05, 0.1) is 11.6 Å². The normalized spacial score (nSPS) is 19.7. The van der Waals surface area contributed by atoms with Crippen LogP contribution in [0.1, 0.15) is 29.3 Å². The van der Waals surface area contributed by atoms with Crippen LogP contribution in [0.15, 0.2) is 18.2 Å². The molecule has 2 rings (SSSR count). The lowest BCUT2D eigenvalue weighted by molar-refractivity contribution is -0.129. The molecule has 1 amide bonds. The van der Waals surface area contributed by atoms with Gasteiger partial charge in [-0.1, -0.05) is 6.92 Å². The van der Waals surface area contributed by atoms with Gasteiger partial charge in [-0.25, -0.2) is 9.18 Å². The third kappa shape index (κ3) is 2.96. The first kappa shape index (κ1) is 14.5. The Morgan fingerprint density at radius 3 is 2.95 bits per heavy atom. The number of nitrogens with one attached hydrogen (secondary N) is 1. The number of carbonyl (C=O) groups excluding carboxylic acids is 1. The van der Waals surface area contributed by atoms with Gasteiger partial charge in [-0.15, -0.1) is 0 Å². The first-order valence-electron chi connectivity index (χ1n) is 6.56. The lowest BCUT2D eigenvalue weighted by atomic mass is 10.1. The van der Waals surface area contributed by atoms with Crippen molar-refractivity contribution in [2.45, 2.75) is 25.9 Å². The number of carboxylic acid groups (broad SMARTS) is 1. The summed E-state index contributed by atoms with van der Waals surface area (Å²) in [6, 6.07) is 3.43. The minimum atomic E-state index is -1.09. The van der Waals surface area contributed by atoms with E-state index < -0.39 is 11.8 Å².